The van der Waals surface area contributed by atoms with Crippen LogP contribution in [0.3, 0.4) is 0 Å². The number of carbonyl (C=O) groups is 1. The molecule has 0 N–H and O–H groups in total. The van der Waals surface area contributed by atoms with E-state index in [0.29, 0.717) is 13.2 Å². The molecule has 18 heavy (non-hydrogen) atoms. The summed E-state index contributed by atoms with van der Waals surface area (Å²) >= 11 is 2.97. The maximum absolute atomic E-state index is 13.6. The Balaban J connectivity index is 2.57. The summed E-state index contributed by atoms with van der Waals surface area (Å²) in [5, 5.41) is 0. The number of rotatable bonds is 7. The van der Waals surface area contributed by atoms with Gasteiger partial charge >= 0.3 is 0 Å². The highest BCUT2D eigenvalue weighted by Crippen LogP contribution is 2.22. The van der Waals surface area contributed by atoms with Crippen molar-refractivity contribution in [3.05, 3.63) is 33.8 Å². The standard InChI is InChI=1S/C13H15BrF2O2/c1-2-6-18-7-5-9(17)8-10-12(15)4-3-11(14)13(10)16/h3-4H,2,5-8H2,1H3. The predicted octanol–water partition coefficient (Wildman–Crippen LogP) is 3.66. The van der Waals surface area contributed by atoms with Crippen LogP contribution in [0.2, 0.25) is 0 Å². The molecule has 0 saturated heterocycles. The lowest BCUT2D eigenvalue weighted by atomic mass is 10.1. The SMILES string of the molecule is CCCOCCC(=O)Cc1c(F)ccc(Br)c1F. The number of benzene rings is 1. The number of hydrogen-bond donors (Lipinski definition) is 0. The van der Waals surface area contributed by atoms with E-state index in [9.17, 15) is 13.6 Å². The van der Waals surface area contributed by atoms with E-state index in [2.05, 4.69) is 15.9 Å². The van der Waals surface area contributed by atoms with Crippen LogP contribution in [0.25, 0.3) is 0 Å². The lowest BCUT2D eigenvalue weighted by Gasteiger charge is -2.06. The molecule has 0 atom stereocenters. The fourth-order valence-corrected chi connectivity index (χ4v) is 1.82. The first-order valence-corrected chi connectivity index (χ1v) is 6.57. The molecule has 0 saturated carbocycles. The summed E-state index contributed by atoms with van der Waals surface area (Å²) in [5.41, 5.74) is -0.190. The molecular formula is C13H15BrF2O2. The van der Waals surface area contributed by atoms with Gasteiger partial charge in [0, 0.05) is 25.0 Å². The Kier molecular flexibility index (Phi) is 6.43. The summed E-state index contributed by atoms with van der Waals surface area (Å²) in [4.78, 5) is 11.6. The van der Waals surface area contributed by atoms with Gasteiger partial charge in [-0.3, -0.25) is 4.79 Å². The second-order valence-electron chi connectivity index (χ2n) is 3.90. The number of hydrogen-bond acceptors (Lipinski definition) is 2. The van der Waals surface area contributed by atoms with Gasteiger partial charge in [0.1, 0.15) is 17.4 Å². The molecule has 0 heterocycles. The van der Waals surface area contributed by atoms with Crippen LogP contribution in [0.4, 0.5) is 8.78 Å². The molecule has 0 radical (unpaired) electrons. The van der Waals surface area contributed by atoms with Gasteiger partial charge in [-0.2, -0.15) is 0 Å². The van der Waals surface area contributed by atoms with Gasteiger partial charge in [-0.15, -0.1) is 0 Å². The van der Waals surface area contributed by atoms with E-state index >= 15 is 0 Å². The Hall–Kier alpha value is -0.810. The van der Waals surface area contributed by atoms with Gasteiger partial charge in [-0.1, -0.05) is 6.92 Å². The van der Waals surface area contributed by atoms with Crippen LogP contribution in [0.1, 0.15) is 25.3 Å². The molecule has 2 nitrogen and oxygen atoms in total. The molecule has 0 amide bonds. The van der Waals surface area contributed by atoms with Crippen molar-refractivity contribution in [2.24, 2.45) is 0 Å². The third kappa shape index (κ3) is 4.46. The summed E-state index contributed by atoms with van der Waals surface area (Å²) in [6, 6.07) is 2.42. The van der Waals surface area contributed by atoms with E-state index in [1.807, 2.05) is 6.92 Å². The normalized spacial score (nSPS) is 10.7. The summed E-state index contributed by atoms with van der Waals surface area (Å²) < 4.78 is 32.3. The summed E-state index contributed by atoms with van der Waals surface area (Å²) in [7, 11) is 0. The molecule has 0 aliphatic heterocycles. The smallest absolute Gasteiger partial charge is 0.143 e. The first kappa shape index (κ1) is 15.2. The van der Waals surface area contributed by atoms with Crippen molar-refractivity contribution in [3.63, 3.8) is 0 Å². The van der Waals surface area contributed by atoms with Crippen LogP contribution in [0.15, 0.2) is 16.6 Å². The third-order valence-corrected chi connectivity index (χ3v) is 3.00. The summed E-state index contributed by atoms with van der Waals surface area (Å²) in [5.74, 6) is -1.64. The van der Waals surface area contributed by atoms with Crippen molar-refractivity contribution >= 4 is 21.7 Å². The Morgan fingerprint density at radius 1 is 1.33 bits per heavy atom. The van der Waals surface area contributed by atoms with Gasteiger partial charge in [-0.25, -0.2) is 8.78 Å². The summed E-state index contributed by atoms with van der Waals surface area (Å²) in [6.07, 6.45) is 0.807. The van der Waals surface area contributed by atoms with Crippen LogP contribution in [-0.2, 0) is 16.0 Å². The molecule has 0 unspecified atom stereocenters. The fourth-order valence-electron chi connectivity index (χ4n) is 1.45. The predicted molar refractivity (Wildman–Crippen MR) is 68.5 cm³/mol. The van der Waals surface area contributed by atoms with E-state index in [0.717, 1.165) is 12.5 Å². The molecule has 0 spiro atoms. The minimum absolute atomic E-state index is 0.161. The van der Waals surface area contributed by atoms with Gasteiger partial charge in [0.05, 0.1) is 11.1 Å². The Morgan fingerprint density at radius 2 is 2.06 bits per heavy atom. The number of ketones is 1. The van der Waals surface area contributed by atoms with E-state index < -0.39 is 11.6 Å². The van der Waals surface area contributed by atoms with Crippen LogP contribution in [-0.4, -0.2) is 19.0 Å². The highest BCUT2D eigenvalue weighted by molar-refractivity contribution is 9.10. The number of ether oxygens (including phenoxy) is 1. The van der Waals surface area contributed by atoms with Gasteiger partial charge in [0.15, 0.2) is 0 Å². The van der Waals surface area contributed by atoms with Gasteiger partial charge < -0.3 is 4.74 Å². The molecule has 1 rings (SSSR count). The Labute approximate surface area is 113 Å². The van der Waals surface area contributed by atoms with E-state index in [4.69, 9.17) is 4.74 Å². The maximum atomic E-state index is 13.6. The minimum Gasteiger partial charge on any atom is -0.381 e. The van der Waals surface area contributed by atoms with Crippen molar-refractivity contribution in [1.82, 2.24) is 0 Å². The van der Waals surface area contributed by atoms with Gasteiger partial charge in [-0.05, 0) is 34.5 Å². The Bertz CT molecular complexity index is 422. The highest BCUT2D eigenvalue weighted by atomic mass is 79.9. The first-order valence-electron chi connectivity index (χ1n) is 5.78. The first-order chi connectivity index (χ1) is 8.56. The lowest BCUT2D eigenvalue weighted by molar-refractivity contribution is -0.119. The van der Waals surface area contributed by atoms with Gasteiger partial charge in [0.25, 0.3) is 0 Å². The lowest BCUT2D eigenvalue weighted by Crippen LogP contribution is -2.10. The summed E-state index contributed by atoms with van der Waals surface area (Å²) in [6.45, 7) is 2.85. The quantitative estimate of drug-likeness (QED) is 0.566. The Morgan fingerprint density at radius 3 is 2.72 bits per heavy atom. The monoisotopic (exact) mass is 320 g/mol. The second-order valence-corrected chi connectivity index (χ2v) is 4.75. The molecule has 0 bridgehead atoms. The highest BCUT2D eigenvalue weighted by Gasteiger charge is 2.15. The van der Waals surface area contributed by atoms with Crippen molar-refractivity contribution in [2.75, 3.05) is 13.2 Å². The number of carbonyl (C=O) groups excluding carboxylic acids is 1. The number of halogens is 3. The van der Waals surface area contributed by atoms with E-state index in [-0.39, 0.29) is 28.7 Å². The van der Waals surface area contributed by atoms with Crippen LogP contribution in [0, 0.1) is 11.6 Å². The molecule has 100 valence electrons. The van der Waals surface area contributed by atoms with E-state index in [1.165, 1.54) is 6.07 Å². The van der Waals surface area contributed by atoms with Crippen molar-refractivity contribution in [1.29, 1.82) is 0 Å². The van der Waals surface area contributed by atoms with Crippen LogP contribution >= 0.6 is 15.9 Å². The molecule has 0 fully saturated rings. The fraction of sp³-hybridized carbons (Fsp3) is 0.462. The molecule has 0 aliphatic rings. The van der Waals surface area contributed by atoms with Crippen LogP contribution < -0.4 is 0 Å². The van der Waals surface area contributed by atoms with Crippen molar-refractivity contribution in [3.8, 4) is 0 Å². The van der Waals surface area contributed by atoms with E-state index in [1.54, 1.807) is 0 Å². The zero-order chi connectivity index (χ0) is 13.5. The molecule has 1 aromatic rings. The molecule has 1 aromatic carbocycles. The van der Waals surface area contributed by atoms with Gasteiger partial charge in [0.2, 0.25) is 0 Å². The van der Waals surface area contributed by atoms with Crippen LogP contribution in [0.5, 0.6) is 0 Å². The van der Waals surface area contributed by atoms with Crippen molar-refractivity contribution < 1.29 is 18.3 Å². The largest absolute Gasteiger partial charge is 0.381 e. The van der Waals surface area contributed by atoms with Crippen molar-refractivity contribution in [2.45, 2.75) is 26.2 Å². The maximum Gasteiger partial charge on any atom is 0.143 e. The average Bonchev–Trinajstić information content (AvgIpc) is 2.35. The molecular weight excluding hydrogens is 306 g/mol. The minimum atomic E-state index is -0.710. The number of Topliss-reactive ketones (excluding diaryl/α,β-unsaturated/α-hetero) is 1. The molecule has 5 heteroatoms. The average molecular weight is 321 g/mol. The zero-order valence-electron chi connectivity index (χ0n) is 10.1. The third-order valence-electron chi connectivity index (χ3n) is 2.39. The molecule has 0 aromatic heterocycles. The topological polar surface area (TPSA) is 26.3 Å². The molecule has 0 aliphatic carbocycles. The second kappa shape index (κ2) is 7.59. The zero-order valence-corrected chi connectivity index (χ0v) is 11.7.